The van der Waals surface area contributed by atoms with Gasteiger partial charge in [-0.3, -0.25) is 4.79 Å². The van der Waals surface area contributed by atoms with Crippen molar-refractivity contribution in [3.63, 3.8) is 0 Å². The molecule has 2 aliphatic carbocycles. The number of nitrogens with one attached hydrogen (secondary N) is 1. The number of nitrogen functional groups attached to an aromatic ring is 1. The molecule has 0 spiro atoms. The van der Waals surface area contributed by atoms with E-state index in [1.165, 1.54) is 11.3 Å². The molecule has 35 heavy (non-hydrogen) atoms. The minimum Gasteiger partial charge on any atom is -0.368 e. The maximum Gasteiger partial charge on any atom is 0.265 e. The van der Waals surface area contributed by atoms with Crippen LogP contribution in [0.4, 0.5) is 5.95 Å². The fraction of sp³-hybridized carbons (Fsp3) is 0.370. The van der Waals surface area contributed by atoms with Crippen LogP contribution >= 0.6 is 22.9 Å². The Morgan fingerprint density at radius 2 is 1.94 bits per heavy atom. The van der Waals surface area contributed by atoms with Gasteiger partial charge in [-0.2, -0.15) is 0 Å². The van der Waals surface area contributed by atoms with Crippen LogP contribution in [0.3, 0.4) is 0 Å². The van der Waals surface area contributed by atoms with Crippen molar-refractivity contribution >= 4 is 50.5 Å². The molecule has 3 aromatic rings. The molecule has 5 rings (SSSR count). The summed E-state index contributed by atoms with van der Waals surface area (Å²) in [7, 11) is 2.02. The number of amides is 1. The molecule has 0 aliphatic heterocycles. The van der Waals surface area contributed by atoms with Crippen LogP contribution in [0.25, 0.3) is 15.7 Å². The van der Waals surface area contributed by atoms with E-state index in [1.807, 2.05) is 31.3 Å². The number of rotatable bonds is 6. The number of fused-ring (bicyclic) bond motifs is 1. The topological polar surface area (TPSA) is 84.1 Å². The summed E-state index contributed by atoms with van der Waals surface area (Å²) in [5, 5.41) is 4.92. The second kappa shape index (κ2) is 10.5. The first-order chi connectivity index (χ1) is 17.0. The maximum atomic E-state index is 14.0. The Morgan fingerprint density at radius 1 is 1.20 bits per heavy atom. The second-order valence-electron chi connectivity index (χ2n) is 9.36. The van der Waals surface area contributed by atoms with Gasteiger partial charge in [-0.25, -0.2) is 9.97 Å². The van der Waals surface area contributed by atoms with Gasteiger partial charge in [-0.05, 0) is 56.7 Å². The quantitative estimate of drug-likeness (QED) is 0.456. The van der Waals surface area contributed by atoms with E-state index in [1.54, 1.807) is 12.4 Å². The second-order valence-corrected chi connectivity index (χ2v) is 10.8. The smallest absolute Gasteiger partial charge is 0.265 e. The summed E-state index contributed by atoms with van der Waals surface area (Å²) < 4.78 is 1.05. The zero-order chi connectivity index (χ0) is 24.4. The highest BCUT2D eigenvalue weighted by molar-refractivity contribution is 7.21. The number of nitrogens with two attached hydrogens (primary N) is 1. The van der Waals surface area contributed by atoms with Gasteiger partial charge in [-0.1, -0.05) is 48.0 Å². The molecule has 1 fully saturated rings. The third-order valence-corrected chi connectivity index (χ3v) is 8.84. The number of carbonyl (C=O) groups excluding carboxylic acids is 1. The van der Waals surface area contributed by atoms with E-state index in [0.717, 1.165) is 53.3 Å². The van der Waals surface area contributed by atoms with E-state index in [4.69, 9.17) is 17.3 Å². The highest BCUT2D eigenvalue weighted by Gasteiger charge is 2.33. The fourth-order valence-corrected chi connectivity index (χ4v) is 6.67. The maximum absolute atomic E-state index is 14.0. The van der Waals surface area contributed by atoms with Crippen molar-refractivity contribution in [3.05, 3.63) is 70.4 Å². The molecule has 6 nitrogen and oxygen atoms in total. The van der Waals surface area contributed by atoms with Crippen LogP contribution in [0.5, 0.6) is 0 Å². The summed E-state index contributed by atoms with van der Waals surface area (Å²) in [5.74, 6) is 0.516. The van der Waals surface area contributed by atoms with E-state index in [9.17, 15) is 4.79 Å². The van der Waals surface area contributed by atoms with E-state index < -0.39 is 0 Å². The molecular formula is C27H30ClN5OS. The minimum atomic E-state index is 0.0458. The first-order valence-corrected chi connectivity index (χ1v) is 13.3. The zero-order valence-corrected chi connectivity index (χ0v) is 21.4. The predicted molar refractivity (Wildman–Crippen MR) is 145 cm³/mol. The molecule has 0 radical (unpaired) electrons. The number of aromatic nitrogens is 2. The number of carbonyl (C=O) groups is 1. The van der Waals surface area contributed by atoms with E-state index >= 15 is 0 Å². The molecule has 0 saturated heterocycles. The number of hydrogen-bond acceptors (Lipinski definition) is 6. The van der Waals surface area contributed by atoms with Crippen LogP contribution in [-0.4, -0.2) is 46.5 Å². The lowest BCUT2D eigenvalue weighted by atomic mass is 9.87. The number of nitrogens with zero attached hydrogens (tertiary/aromatic N) is 3. The van der Waals surface area contributed by atoms with Crippen molar-refractivity contribution in [1.82, 2.24) is 20.2 Å². The van der Waals surface area contributed by atoms with Gasteiger partial charge in [0.15, 0.2) is 0 Å². The third kappa shape index (κ3) is 5.13. The van der Waals surface area contributed by atoms with Crippen molar-refractivity contribution in [2.75, 3.05) is 19.3 Å². The summed E-state index contributed by atoms with van der Waals surface area (Å²) in [6.07, 6.45) is 14.8. The molecule has 182 valence electrons. The Labute approximate surface area is 214 Å². The Kier molecular flexibility index (Phi) is 7.18. The lowest BCUT2D eigenvalue weighted by molar-refractivity contribution is 0.0601. The summed E-state index contributed by atoms with van der Waals surface area (Å²) in [6.45, 7) is 0.655. The van der Waals surface area contributed by atoms with Gasteiger partial charge in [0.05, 0.1) is 5.02 Å². The van der Waals surface area contributed by atoms with Crippen LogP contribution < -0.4 is 11.1 Å². The largest absolute Gasteiger partial charge is 0.368 e. The molecule has 2 aliphatic rings. The fourth-order valence-electron chi connectivity index (χ4n) is 5.20. The summed E-state index contributed by atoms with van der Waals surface area (Å²) in [5.41, 5.74) is 7.79. The van der Waals surface area contributed by atoms with Crippen molar-refractivity contribution in [1.29, 1.82) is 0 Å². The van der Waals surface area contributed by atoms with Gasteiger partial charge in [0, 0.05) is 46.7 Å². The third-order valence-electron chi connectivity index (χ3n) is 7.17. The molecular weight excluding hydrogens is 478 g/mol. The minimum absolute atomic E-state index is 0.0458. The van der Waals surface area contributed by atoms with E-state index in [-0.39, 0.29) is 23.8 Å². The molecule has 1 aromatic carbocycles. The van der Waals surface area contributed by atoms with Crippen molar-refractivity contribution in [2.45, 2.75) is 44.2 Å². The number of hydrogen-bond donors (Lipinski definition) is 2. The molecule has 2 aromatic heterocycles. The predicted octanol–water partition coefficient (Wildman–Crippen LogP) is 5.56. The summed E-state index contributed by atoms with van der Waals surface area (Å²) in [6, 6.07) is 8.70. The zero-order valence-electron chi connectivity index (χ0n) is 19.8. The van der Waals surface area contributed by atoms with Crippen LogP contribution in [-0.2, 0) is 0 Å². The van der Waals surface area contributed by atoms with Crippen LogP contribution in [0.1, 0.15) is 47.3 Å². The standard InChI is InChI=1S/C27H30ClN5OS/c1-30-20-9-11-21(12-10-20)33(26(34)25-24(28)22-7-2-3-8-23(22)35-25)16-17-5-4-6-18(13-17)19-14-31-27(29)32-15-19/h2-8,14-15,17,20-21,30H,9-13,16H2,1H3,(H2,29,31,32). The van der Waals surface area contributed by atoms with Crippen molar-refractivity contribution < 1.29 is 4.79 Å². The van der Waals surface area contributed by atoms with Gasteiger partial charge in [0.1, 0.15) is 4.88 Å². The van der Waals surface area contributed by atoms with Gasteiger partial charge in [-0.15, -0.1) is 11.3 Å². The van der Waals surface area contributed by atoms with E-state index in [0.29, 0.717) is 22.5 Å². The number of benzene rings is 1. The van der Waals surface area contributed by atoms with Crippen LogP contribution in [0.15, 0.2) is 54.9 Å². The molecule has 1 amide bonds. The Morgan fingerprint density at radius 3 is 2.66 bits per heavy atom. The Bertz CT molecular complexity index is 1260. The normalized spacial score (nSPS) is 22.2. The van der Waals surface area contributed by atoms with Gasteiger partial charge in [0.2, 0.25) is 5.95 Å². The van der Waals surface area contributed by atoms with Gasteiger partial charge in [0.25, 0.3) is 5.91 Å². The molecule has 1 atom stereocenters. The number of allylic oxidation sites excluding steroid dienone is 3. The summed E-state index contributed by atoms with van der Waals surface area (Å²) in [4.78, 5) is 25.0. The first kappa shape index (κ1) is 24.0. The molecule has 2 heterocycles. The molecule has 1 saturated carbocycles. The Hall–Kier alpha value is -2.74. The van der Waals surface area contributed by atoms with Crippen LogP contribution in [0.2, 0.25) is 5.02 Å². The molecule has 0 bridgehead atoms. The van der Waals surface area contributed by atoms with Gasteiger partial charge < -0.3 is 16.0 Å². The molecule has 8 heteroatoms. The molecule has 1 unspecified atom stereocenters. The number of anilines is 1. The van der Waals surface area contributed by atoms with Crippen molar-refractivity contribution in [2.24, 2.45) is 5.92 Å². The number of halogens is 1. The average molecular weight is 508 g/mol. The Balaban J connectivity index is 1.40. The first-order valence-electron chi connectivity index (χ1n) is 12.1. The average Bonchev–Trinajstić information content (AvgIpc) is 3.24. The van der Waals surface area contributed by atoms with Gasteiger partial charge >= 0.3 is 0 Å². The monoisotopic (exact) mass is 507 g/mol. The van der Waals surface area contributed by atoms with Crippen LogP contribution in [0, 0.1) is 5.92 Å². The number of thiophene rings is 1. The molecule has 3 N–H and O–H groups in total. The highest BCUT2D eigenvalue weighted by Crippen LogP contribution is 2.38. The summed E-state index contributed by atoms with van der Waals surface area (Å²) >= 11 is 8.24. The lowest BCUT2D eigenvalue weighted by Crippen LogP contribution is -2.46. The SMILES string of the molecule is CNC1CCC(N(CC2C=CC=C(c3cnc(N)nc3)C2)C(=O)c2sc3ccccc3c2Cl)CC1. The van der Waals surface area contributed by atoms with E-state index in [2.05, 4.69) is 38.4 Å². The lowest BCUT2D eigenvalue weighted by Gasteiger charge is -2.38. The highest BCUT2D eigenvalue weighted by atomic mass is 35.5. The van der Waals surface area contributed by atoms with Crippen molar-refractivity contribution in [3.8, 4) is 0 Å².